The summed E-state index contributed by atoms with van der Waals surface area (Å²) < 4.78 is 5.71. The second kappa shape index (κ2) is 7.08. The number of carboxylic acid groups (broad SMARTS) is 1. The Hall–Kier alpha value is -3.08. The molecule has 0 saturated carbocycles. The zero-order valence-electron chi connectivity index (χ0n) is 11.9. The minimum atomic E-state index is -1.14. The first-order valence-electron chi connectivity index (χ1n) is 6.61. The molecule has 2 rings (SSSR count). The number of hydrogen-bond donors (Lipinski definition) is 2. The number of benzene rings is 2. The highest BCUT2D eigenvalue weighted by Crippen LogP contribution is 2.29. The van der Waals surface area contributed by atoms with Crippen LogP contribution in [0, 0.1) is 0 Å². The van der Waals surface area contributed by atoms with Gasteiger partial charge in [-0.2, -0.15) is 0 Å². The predicted molar refractivity (Wildman–Crippen MR) is 83.0 cm³/mol. The van der Waals surface area contributed by atoms with Gasteiger partial charge in [0, 0.05) is 11.6 Å². The maximum Gasteiger partial charge on any atom is 0.331 e. The maximum absolute atomic E-state index is 11.8. The molecule has 0 bridgehead atoms. The summed E-state index contributed by atoms with van der Waals surface area (Å²) in [7, 11) is 0. The molecule has 0 aliphatic rings. The van der Waals surface area contributed by atoms with Gasteiger partial charge < -0.3 is 15.2 Å². The Labute approximate surface area is 127 Å². The van der Waals surface area contributed by atoms with Gasteiger partial charge in [-0.1, -0.05) is 30.3 Å². The summed E-state index contributed by atoms with van der Waals surface area (Å²) in [6, 6.07) is 16.1. The van der Waals surface area contributed by atoms with Crippen molar-refractivity contribution >= 4 is 17.6 Å². The predicted octanol–water partition coefficient (Wildman–Crippen LogP) is 3.45. The van der Waals surface area contributed by atoms with E-state index in [1.165, 1.54) is 6.92 Å². The van der Waals surface area contributed by atoms with Crippen molar-refractivity contribution < 1.29 is 19.4 Å². The average molecular weight is 297 g/mol. The van der Waals surface area contributed by atoms with Crippen molar-refractivity contribution in [2.45, 2.75) is 6.92 Å². The topological polar surface area (TPSA) is 75.6 Å². The first-order valence-corrected chi connectivity index (χ1v) is 6.61. The molecular weight excluding hydrogens is 282 g/mol. The van der Waals surface area contributed by atoms with Crippen LogP contribution in [-0.4, -0.2) is 17.0 Å². The smallest absolute Gasteiger partial charge is 0.331 e. The second-order valence-corrected chi connectivity index (χ2v) is 4.53. The van der Waals surface area contributed by atoms with Crippen LogP contribution in [0.5, 0.6) is 11.5 Å². The lowest BCUT2D eigenvalue weighted by atomic mass is 10.2. The van der Waals surface area contributed by atoms with Crippen LogP contribution in [0.1, 0.15) is 6.92 Å². The summed E-state index contributed by atoms with van der Waals surface area (Å²) in [6.45, 7) is 1.36. The van der Waals surface area contributed by atoms with E-state index in [1.54, 1.807) is 36.4 Å². The number of hydrogen-bond acceptors (Lipinski definition) is 3. The second-order valence-electron chi connectivity index (χ2n) is 4.53. The summed E-state index contributed by atoms with van der Waals surface area (Å²) in [5.41, 5.74) is 0.421. The van der Waals surface area contributed by atoms with Crippen molar-refractivity contribution in [2.75, 3.05) is 5.32 Å². The number of nitrogens with one attached hydrogen (secondary N) is 1. The third-order valence-electron chi connectivity index (χ3n) is 2.80. The zero-order valence-corrected chi connectivity index (χ0v) is 11.9. The molecule has 5 heteroatoms. The Balaban J connectivity index is 2.17. The van der Waals surface area contributed by atoms with Gasteiger partial charge in [-0.05, 0) is 31.2 Å². The summed E-state index contributed by atoms with van der Waals surface area (Å²) in [5, 5.41) is 11.4. The fourth-order valence-electron chi connectivity index (χ4n) is 1.70. The van der Waals surface area contributed by atoms with Gasteiger partial charge in [0.15, 0.2) is 5.75 Å². The van der Waals surface area contributed by atoms with Crippen molar-refractivity contribution in [3.05, 3.63) is 66.2 Å². The molecular formula is C17H15NO4. The Morgan fingerprint density at radius 2 is 1.68 bits per heavy atom. The third kappa shape index (κ3) is 4.21. The fourth-order valence-corrected chi connectivity index (χ4v) is 1.70. The van der Waals surface area contributed by atoms with Crippen LogP contribution in [0.3, 0.4) is 0 Å². The van der Waals surface area contributed by atoms with E-state index in [0.717, 1.165) is 6.08 Å². The standard InChI is InChI=1S/C17H15NO4/c1-12(17(20)21)11-16(19)18-14-9-5-6-10-15(14)22-13-7-3-2-4-8-13/h2-11H,1H3,(H,18,19)(H,20,21)/b12-11+. The van der Waals surface area contributed by atoms with E-state index in [-0.39, 0.29) is 5.57 Å². The lowest BCUT2D eigenvalue weighted by Gasteiger charge is -2.11. The normalized spacial score (nSPS) is 10.9. The molecule has 2 N–H and O–H groups in total. The van der Waals surface area contributed by atoms with Gasteiger partial charge in [-0.25, -0.2) is 4.79 Å². The first kappa shape index (κ1) is 15.3. The molecule has 0 radical (unpaired) electrons. The molecule has 0 atom stereocenters. The quantitative estimate of drug-likeness (QED) is 0.829. The van der Waals surface area contributed by atoms with Crippen LogP contribution in [0.2, 0.25) is 0 Å². The number of para-hydroxylation sites is 3. The fraction of sp³-hybridized carbons (Fsp3) is 0.0588. The number of carbonyl (C=O) groups is 2. The number of amides is 1. The molecule has 0 unspecified atom stereocenters. The van der Waals surface area contributed by atoms with E-state index in [2.05, 4.69) is 5.32 Å². The molecule has 22 heavy (non-hydrogen) atoms. The van der Waals surface area contributed by atoms with Gasteiger partial charge in [0.05, 0.1) is 5.69 Å². The average Bonchev–Trinajstić information content (AvgIpc) is 2.50. The maximum atomic E-state index is 11.8. The van der Waals surface area contributed by atoms with E-state index in [9.17, 15) is 9.59 Å². The third-order valence-corrected chi connectivity index (χ3v) is 2.80. The number of aliphatic carboxylic acids is 1. The van der Waals surface area contributed by atoms with Gasteiger partial charge in [0.25, 0.3) is 0 Å². The molecule has 0 fully saturated rings. The number of ether oxygens (including phenoxy) is 1. The van der Waals surface area contributed by atoms with Gasteiger partial charge in [-0.15, -0.1) is 0 Å². The van der Waals surface area contributed by atoms with Crippen LogP contribution >= 0.6 is 0 Å². The SMILES string of the molecule is C/C(=C\C(=O)Nc1ccccc1Oc1ccccc1)C(=O)O. The molecule has 5 nitrogen and oxygen atoms in total. The van der Waals surface area contributed by atoms with Crippen LogP contribution in [0.4, 0.5) is 5.69 Å². The Bertz CT molecular complexity index is 708. The summed E-state index contributed by atoms with van der Waals surface area (Å²) in [6.07, 6.45) is 1.03. The Morgan fingerprint density at radius 1 is 1.05 bits per heavy atom. The van der Waals surface area contributed by atoms with Crippen molar-refractivity contribution in [1.82, 2.24) is 0 Å². The summed E-state index contributed by atoms with van der Waals surface area (Å²) in [5.74, 6) is -0.544. The van der Waals surface area contributed by atoms with E-state index >= 15 is 0 Å². The largest absolute Gasteiger partial charge is 0.478 e. The van der Waals surface area contributed by atoms with Gasteiger partial charge in [0.1, 0.15) is 5.75 Å². The number of carboxylic acids is 1. The molecule has 2 aromatic carbocycles. The monoisotopic (exact) mass is 297 g/mol. The minimum absolute atomic E-state index is 0.0426. The highest BCUT2D eigenvalue weighted by atomic mass is 16.5. The molecule has 112 valence electrons. The van der Waals surface area contributed by atoms with E-state index in [1.807, 2.05) is 18.2 Å². The molecule has 0 aromatic heterocycles. The highest BCUT2D eigenvalue weighted by molar-refractivity contribution is 6.04. The molecule has 0 aliphatic carbocycles. The Kier molecular flexibility index (Phi) is 4.93. The molecule has 0 aliphatic heterocycles. The van der Waals surface area contributed by atoms with Crippen molar-refractivity contribution in [3.8, 4) is 11.5 Å². The van der Waals surface area contributed by atoms with Crippen molar-refractivity contribution in [2.24, 2.45) is 0 Å². The first-order chi connectivity index (χ1) is 10.6. The van der Waals surface area contributed by atoms with Crippen LogP contribution in [0.25, 0.3) is 0 Å². The van der Waals surface area contributed by atoms with Gasteiger partial charge in [-0.3, -0.25) is 4.79 Å². The number of rotatable bonds is 5. The molecule has 0 saturated heterocycles. The lowest BCUT2D eigenvalue weighted by Crippen LogP contribution is -2.11. The van der Waals surface area contributed by atoms with E-state index < -0.39 is 11.9 Å². The van der Waals surface area contributed by atoms with Crippen LogP contribution in [0.15, 0.2) is 66.2 Å². The number of anilines is 1. The van der Waals surface area contributed by atoms with Gasteiger partial charge in [0.2, 0.25) is 5.91 Å². The molecule has 0 spiro atoms. The highest BCUT2D eigenvalue weighted by Gasteiger charge is 2.08. The zero-order chi connectivity index (χ0) is 15.9. The Morgan fingerprint density at radius 3 is 2.36 bits per heavy atom. The lowest BCUT2D eigenvalue weighted by molar-refractivity contribution is -0.132. The minimum Gasteiger partial charge on any atom is -0.478 e. The van der Waals surface area contributed by atoms with Gasteiger partial charge >= 0.3 is 5.97 Å². The molecule has 1 amide bonds. The summed E-state index contributed by atoms with van der Waals surface area (Å²) in [4.78, 5) is 22.5. The molecule has 0 heterocycles. The van der Waals surface area contributed by atoms with Crippen molar-refractivity contribution in [1.29, 1.82) is 0 Å². The van der Waals surface area contributed by atoms with E-state index in [0.29, 0.717) is 17.2 Å². The summed E-state index contributed by atoms with van der Waals surface area (Å²) >= 11 is 0. The van der Waals surface area contributed by atoms with E-state index in [4.69, 9.17) is 9.84 Å². The molecule has 2 aromatic rings. The van der Waals surface area contributed by atoms with Crippen LogP contribution < -0.4 is 10.1 Å². The van der Waals surface area contributed by atoms with Crippen LogP contribution in [-0.2, 0) is 9.59 Å². The van der Waals surface area contributed by atoms with Crippen molar-refractivity contribution in [3.63, 3.8) is 0 Å². The number of carbonyl (C=O) groups excluding carboxylic acids is 1.